The summed E-state index contributed by atoms with van der Waals surface area (Å²) in [5.41, 5.74) is 1.01. The number of amides is 1. The SMILES string of the molecule is CCCCCN(C=O)c1cccc2ccccc12. The number of unbranched alkanes of at least 4 members (excludes halogenated alkanes) is 2. The van der Waals surface area contributed by atoms with Crippen LogP contribution in [0.1, 0.15) is 26.2 Å². The van der Waals surface area contributed by atoms with Crippen LogP contribution in [0.25, 0.3) is 10.8 Å². The van der Waals surface area contributed by atoms with E-state index in [1.807, 2.05) is 29.2 Å². The Morgan fingerprint density at radius 3 is 2.61 bits per heavy atom. The standard InChI is InChI=1S/C16H19NO/c1-2-3-6-12-17(13-18)16-11-7-9-14-8-4-5-10-15(14)16/h4-5,7-11,13H,2-3,6,12H2,1H3. The van der Waals surface area contributed by atoms with Crippen molar-refractivity contribution in [2.45, 2.75) is 26.2 Å². The van der Waals surface area contributed by atoms with Crippen LogP contribution in [0.2, 0.25) is 0 Å². The summed E-state index contributed by atoms with van der Waals surface area (Å²) >= 11 is 0. The third-order valence-corrected chi connectivity index (χ3v) is 3.21. The van der Waals surface area contributed by atoms with Gasteiger partial charge in [-0.05, 0) is 17.9 Å². The number of hydrogen-bond donors (Lipinski definition) is 0. The molecular formula is C16H19NO. The molecule has 2 heteroatoms. The van der Waals surface area contributed by atoms with E-state index in [9.17, 15) is 4.79 Å². The average Bonchev–Trinajstić information content (AvgIpc) is 2.43. The van der Waals surface area contributed by atoms with Gasteiger partial charge < -0.3 is 4.90 Å². The molecule has 2 rings (SSSR count). The number of fused-ring (bicyclic) bond motifs is 1. The largest absolute Gasteiger partial charge is 0.314 e. The van der Waals surface area contributed by atoms with E-state index in [0.717, 1.165) is 36.9 Å². The van der Waals surface area contributed by atoms with Gasteiger partial charge in [0, 0.05) is 11.9 Å². The zero-order valence-electron chi connectivity index (χ0n) is 10.8. The highest BCUT2D eigenvalue weighted by molar-refractivity contribution is 5.98. The molecule has 0 unspecified atom stereocenters. The van der Waals surface area contributed by atoms with Crippen molar-refractivity contribution < 1.29 is 4.79 Å². The first kappa shape index (κ1) is 12.6. The van der Waals surface area contributed by atoms with Gasteiger partial charge in [-0.25, -0.2) is 0 Å². The van der Waals surface area contributed by atoms with E-state index in [0.29, 0.717) is 0 Å². The Morgan fingerprint density at radius 2 is 1.83 bits per heavy atom. The maximum atomic E-state index is 11.3. The molecule has 0 fully saturated rings. The lowest BCUT2D eigenvalue weighted by Gasteiger charge is -2.19. The van der Waals surface area contributed by atoms with Crippen LogP contribution in [0.15, 0.2) is 42.5 Å². The van der Waals surface area contributed by atoms with Gasteiger partial charge in [0.05, 0.1) is 5.69 Å². The summed E-state index contributed by atoms with van der Waals surface area (Å²) in [6, 6.07) is 14.3. The van der Waals surface area contributed by atoms with Crippen molar-refractivity contribution in [3.05, 3.63) is 42.5 Å². The van der Waals surface area contributed by atoms with E-state index in [4.69, 9.17) is 0 Å². The highest BCUT2D eigenvalue weighted by Gasteiger charge is 2.08. The normalized spacial score (nSPS) is 10.5. The Kier molecular flexibility index (Phi) is 4.35. The van der Waals surface area contributed by atoms with E-state index in [1.165, 1.54) is 11.8 Å². The molecule has 0 aliphatic rings. The van der Waals surface area contributed by atoms with E-state index in [1.54, 1.807) is 0 Å². The Hall–Kier alpha value is -1.83. The van der Waals surface area contributed by atoms with Crippen molar-refractivity contribution in [2.75, 3.05) is 11.4 Å². The molecule has 0 aromatic heterocycles. The second kappa shape index (κ2) is 6.20. The molecule has 0 atom stereocenters. The first-order valence-corrected chi connectivity index (χ1v) is 6.56. The minimum absolute atomic E-state index is 0.797. The fourth-order valence-corrected chi connectivity index (χ4v) is 2.22. The molecule has 0 radical (unpaired) electrons. The van der Waals surface area contributed by atoms with E-state index >= 15 is 0 Å². The number of carbonyl (C=O) groups excluding carboxylic acids is 1. The third kappa shape index (κ3) is 2.70. The van der Waals surface area contributed by atoms with Crippen molar-refractivity contribution in [2.24, 2.45) is 0 Å². The number of anilines is 1. The number of nitrogens with zero attached hydrogens (tertiary/aromatic N) is 1. The minimum atomic E-state index is 0.797. The number of hydrogen-bond acceptors (Lipinski definition) is 1. The molecule has 2 aromatic carbocycles. The van der Waals surface area contributed by atoms with E-state index in [2.05, 4.69) is 25.1 Å². The third-order valence-electron chi connectivity index (χ3n) is 3.21. The molecule has 2 aromatic rings. The lowest BCUT2D eigenvalue weighted by molar-refractivity contribution is -0.107. The Balaban J connectivity index is 2.30. The molecule has 1 amide bonds. The predicted molar refractivity (Wildman–Crippen MR) is 76.9 cm³/mol. The Labute approximate surface area is 108 Å². The predicted octanol–water partition coefficient (Wildman–Crippen LogP) is 3.99. The van der Waals surface area contributed by atoms with Gasteiger partial charge >= 0.3 is 0 Å². The van der Waals surface area contributed by atoms with E-state index in [-0.39, 0.29) is 0 Å². The number of benzene rings is 2. The monoisotopic (exact) mass is 241 g/mol. The Morgan fingerprint density at radius 1 is 1.06 bits per heavy atom. The fraction of sp³-hybridized carbons (Fsp3) is 0.312. The van der Waals surface area contributed by atoms with Crippen molar-refractivity contribution in [3.8, 4) is 0 Å². The molecule has 0 aliphatic carbocycles. The van der Waals surface area contributed by atoms with Crippen molar-refractivity contribution in [1.29, 1.82) is 0 Å². The smallest absolute Gasteiger partial charge is 0.214 e. The van der Waals surface area contributed by atoms with Crippen LogP contribution >= 0.6 is 0 Å². The van der Waals surface area contributed by atoms with Gasteiger partial charge in [-0.2, -0.15) is 0 Å². The lowest BCUT2D eigenvalue weighted by Crippen LogP contribution is -2.22. The molecule has 0 spiro atoms. The first-order valence-electron chi connectivity index (χ1n) is 6.56. The molecule has 0 saturated heterocycles. The topological polar surface area (TPSA) is 20.3 Å². The molecule has 94 valence electrons. The van der Waals surface area contributed by atoms with Gasteiger partial charge in [0.15, 0.2) is 0 Å². The van der Waals surface area contributed by atoms with Crippen LogP contribution in [0, 0.1) is 0 Å². The van der Waals surface area contributed by atoms with Crippen LogP contribution in [0.3, 0.4) is 0 Å². The summed E-state index contributed by atoms with van der Waals surface area (Å²) in [4.78, 5) is 13.1. The average molecular weight is 241 g/mol. The summed E-state index contributed by atoms with van der Waals surface area (Å²) in [7, 11) is 0. The first-order chi connectivity index (χ1) is 8.86. The summed E-state index contributed by atoms with van der Waals surface area (Å²) in [5, 5.41) is 2.32. The zero-order valence-corrected chi connectivity index (χ0v) is 10.8. The highest BCUT2D eigenvalue weighted by atomic mass is 16.1. The quantitative estimate of drug-likeness (QED) is 0.553. The molecule has 2 nitrogen and oxygen atoms in total. The zero-order chi connectivity index (χ0) is 12.8. The van der Waals surface area contributed by atoms with Crippen molar-refractivity contribution in [3.63, 3.8) is 0 Å². The van der Waals surface area contributed by atoms with Gasteiger partial charge in [0.1, 0.15) is 0 Å². The minimum Gasteiger partial charge on any atom is -0.314 e. The highest BCUT2D eigenvalue weighted by Crippen LogP contribution is 2.26. The summed E-state index contributed by atoms with van der Waals surface area (Å²) in [6.07, 6.45) is 4.33. The van der Waals surface area contributed by atoms with Crippen molar-refractivity contribution >= 4 is 22.9 Å². The van der Waals surface area contributed by atoms with Gasteiger partial charge in [-0.3, -0.25) is 4.79 Å². The number of rotatable bonds is 6. The van der Waals surface area contributed by atoms with Crippen LogP contribution in [0.5, 0.6) is 0 Å². The maximum absolute atomic E-state index is 11.3. The molecule has 0 N–H and O–H groups in total. The molecule has 0 bridgehead atoms. The summed E-state index contributed by atoms with van der Waals surface area (Å²) in [5.74, 6) is 0. The van der Waals surface area contributed by atoms with Gasteiger partial charge in [0.2, 0.25) is 6.41 Å². The molecule has 0 heterocycles. The molecule has 0 aliphatic heterocycles. The van der Waals surface area contributed by atoms with Crippen LogP contribution < -0.4 is 4.90 Å². The number of carbonyl (C=O) groups is 1. The van der Waals surface area contributed by atoms with Gasteiger partial charge in [0.25, 0.3) is 0 Å². The van der Waals surface area contributed by atoms with Crippen molar-refractivity contribution in [1.82, 2.24) is 0 Å². The Bertz CT molecular complexity index is 516. The summed E-state index contributed by atoms with van der Waals surface area (Å²) in [6.45, 7) is 2.97. The van der Waals surface area contributed by atoms with Crippen LogP contribution in [0.4, 0.5) is 5.69 Å². The fourth-order valence-electron chi connectivity index (χ4n) is 2.22. The van der Waals surface area contributed by atoms with Gasteiger partial charge in [-0.1, -0.05) is 56.2 Å². The second-order valence-electron chi connectivity index (χ2n) is 4.50. The second-order valence-corrected chi connectivity index (χ2v) is 4.50. The lowest BCUT2D eigenvalue weighted by atomic mass is 10.1. The van der Waals surface area contributed by atoms with E-state index < -0.39 is 0 Å². The van der Waals surface area contributed by atoms with Gasteiger partial charge in [-0.15, -0.1) is 0 Å². The van der Waals surface area contributed by atoms with Crippen LogP contribution in [-0.2, 0) is 4.79 Å². The van der Waals surface area contributed by atoms with Crippen LogP contribution in [-0.4, -0.2) is 13.0 Å². The molecule has 0 saturated carbocycles. The maximum Gasteiger partial charge on any atom is 0.214 e. The molecule has 18 heavy (non-hydrogen) atoms. The molecular weight excluding hydrogens is 222 g/mol. The summed E-state index contributed by atoms with van der Waals surface area (Å²) < 4.78 is 0.